The maximum absolute atomic E-state index is 6.04. The number of halogens is 2. The van der Waals surface area contributed by atoms with E-state index in [1.807, 2.05) is 0 Å². The predicted molar refractivity (Wildman–Crippen MR) is 61.1 cm³/mol. The van der Waals surface area contributed by atoms with Crippen LogP contribution in [0.15, 0.2) is 22.9 Å². The lowest BCUT2D eigenvalue weighted by Crippen LogP contribution is -2.30. The van der Waals surface area contributed by atoms with E-state index in [1.54, 1.807) is 24.0 Å². The molecule has 0 bridgehead atoms. The third kappa shape index (κ3) is 1.82. The van der Waals surface area contributed by atoms with Crippen LogP contribution in [0, 0.1) is 0 Å². The number of hydrogen-bond acceptors (Lipinski definition) is 4. The summed E-state index contributed by atoms with van der Waals surface area (Å²) in [6.07, 6.45) is 3.04. The van der Waals surface area contributed by atoms with Gasteiger partial charge in [-0.3, -0.25) is 10.5 Å². The van der Waals surface area contributed by atoms with Crippen LogP contribution < -0.4 is 11.3 Å². The molecule has 0 saturated carbocycles. The van der Waals surface area contributed by atoms with Crippen molar-refractivity contribution in [2.45, 2.75) is 6.04 Å². The van der Waals surface area contributed by atoms with Gasteiger partial charge in [-0.2, -0.15) is 5.10 Å². The highest BCUT2D eigenvalue weighted by atomic mass is 35.5. The second-order valence-electron chi connectivity index (χ2n) is 3.25. The third-order valence-corrected chi connectivity index (χ3v) is 2.93. The quantitative estimate of drug-likeness (QED) is 0.653. The van der Waals surface area contributed by atoms with Crippen LogP contribution in [0.25, 0.3) is 0 Å². The van der Waals surface area contributed by atoms with Crippen LogP contribution in [0.4, 0.5) is 0 Å². The van der Waals surface area contributed by atoms with E-state index < -0.39 is 0 Å². The van der Waals surface area contributed by atoms with Gasteiger partial charge in [-0.25, -0.2) is 5.43 Å². The smallest absolute Gasteiger partial charge is 0.198 e. The summed E-state index contributed by atoms with van der Waals surface area (Å²) in [5.74, 6) is 5.51. The number of nitrogens with two attached hydrogens (primary N) is 1. The van der Waals surface area contributed by atoms with Gasteiger partial charge in [0.05, 0.1) is 29.2 Å². The van der Waals surface area contributed by atoms with Crippen LogP contribution in [0.3, 0.4) is 0 Å². The van der Waals surface area contributed by atoms with E-state index in [2.05, 4.69) is 10.5 Å². The molecular formula is C9H10Cl2N4O. The average Bonchev–Trinajstić information content (AvgIpc) is 2.80. The second-order valence-corrected chi connectivity index (χ2v) is 4.00. The lowest BCUT2D eigenvalue weighted by atomic mass is 10.1. The van der Waals surface area contributed by atoms with Crippen LogP contribution in [0.2, 0.25) is 10.2 Å². The Kier molecular flexibility index (Phi) is 3.20. The van der Waals surface area contributed by atoms with E-state index in [1.165, 1.54) is 6.26 Å². The summed E-state index contributed by atoms with van der Waals surface area (Å²) < 4.78 is 6.66. The maximum atomic E-state index is 6.04. The van der Waals surface area contributed by atoms with Gasteiger partial charge in [-0.15, -0.1) is 0 Å². The molecule has 16 heavy (non-hydrogen) atoms. The van der Waals surface area contributed by atoms with Gasteiger partial charge < -0.3 is 4.42 Å². The lowest BCUT2D eigenvalue weighted by Gasteiger charge is -2.15. The predicted octanol–water partition coefficient (Wildman–Crippen LogP) is 1.87. The number of hydrogen-bond donors (Lipinski definition) is 2. The Balaban J connectivity index is 2.49. The minimum absolute atomic E-state index is 0.278. The van der Waals surface area contributed by atoms with Gasteiger partial charge in [-0.05, 0) is 17.7 Å². The number of nitrogens with zero attached hydrogens (tertiary/aromatic N) is 2. The molecule has 0 amide bonds. The van der Waals surface area contributed by atoms with E-state index >= 15 is 0 Å². The SMILES string of the molecule is Cn1ncc(Cl)c1C(NN)c1ccoc1Cl. The van der Waals surface area contributed by atoms with Gasteiger partial charge >= 0.3 is 0 Å². The first kappa shape index (κ1) is 11.5. The van der Waals surface area contributed by atoms with Crippen LogP contribution in [0.1, 0.15) is 17.3 Å². The van der Waals surface area contributed by atoms with Crippen molar-refractivity contribution in [2.24, 2.45) is 12.9 Å². The van der Waals surface area contributed by atoms with Gasteiger partial charge in [0.25, 0.3) is 0 Å². The average molecular weight is 261 g/mol. The van der Waals surface area contributed by atoms with Crippen molar-refractivity contribution in [2.75, 3.05) is 0 Å². The Morgan fingerprint density at radius 1 is 1.56 bits per heavy atom. The van der Waals surface area contributed by atoms with Crippen molar-refractivity contribution < 1.29 is 4.42 Å². The maximum Gasteiger partial charge on any atom is 0.198 e. The zero-order valence-electron chi connectivity index (χ0n) is 8.45. The van der Waals surface area contributed by atoms with E-state index in [4.69, 9.17) is 33.5 Å². The summed E-state index contributed by atoms with van der Waals surface area (Å²) in [5.41, 5.74) is 4.09. The standard InChI is InChI=1S/C9H10Cl2N4O/c1-15-8(6(10)4-13-15)7(14-12)5-2-3-16-9(5)11/h2-4,7,14H,12H2,1H3. The number of aryl methyl sites for hydroxylation is 1. The molecule has 2 aromatic rings. The Morgan fingerprint density at radius 2 is 2.31 bits per heavy atom. The number of nitrogens with one attached hydrogen (secondary N) is 1. The molecule has 0 saturated heterocycles. The fourth-order valence-electron chi connectivity index (χ4n) is 1.57. The summed E-state index contributed by atoms with van der Waals surface area (Å²) in [6.45, 7) is 0. The Labute approximate surface area is 102 Å². The van der Waals surface area contributed by atoms with Crippen molar-refractivity contribution >= 4 is 23.2 Å². The molecule has 2 heterocycles. The van der Waals surface area contributed by atoms with Gasteiger partial charge in [0.1, 0.15) is 0 Å². The fourth-order valence-corrected chi connectivity index (χ4v) is 2.07. The van der Waals surface area contributed by atoms with Crippen LogP contribution in [0.5, 0.6) is 0 Å². The largest absolute Gasteiger partial charge is 0.453 e. The number of rotatable bonds is 3. The first-order chi connectivity index (χ1) is 7.65. The van der Waals surface area contributed by atoms with Gasteiger partial charge in [0, 0.05) is 12.6 Å². The first-order valence-corrected chi connectivity index (χ1v) is 5.27. The monoisotopic (exact) mass is 260 g/mol. The zero-order chi connectivity index (χ0) is 11.7. The molecule has 0 aliphatic rings. The molecule has 86 valence electrons. The zero-order valence-corrected chi connectivity index (χ0v) is 9.96. The van der Waals surface area contributed by atoms with Crippen molar-refractivity contribution in [3.8, 4) is 0 Å². The molecule has 0 spiro atoms. The Bertz CT molecular complexity index is 474. The molecular weight excluding hydrogens is 251 g/mol. The van der Waals surface area contributed by atoms with Crippen molar-refractivity contribution in [1.29, 1.82) is 0 Å². The molecule has 0 aliphatic heterocycles. The highest BCUT2D eigenvalue weighted by Gasteiger charge is 2.23. The minimum atomic E-state index is -0.355. The van der Waals surface area contributed by atoms with Crippen LogP contribution >= 0.6 is 23.2 Å². The van der Waals surface area contributed by atoms with E-state index in [9.17, 15) is 0 Å². The third-order valence-electron chi connectivity index (χ3n) is 2.33. The van der Waals surface area contributed by atoms with Crippen molar-refractivity contribution in [3.63, 3.8) is 0 Å². The van der Waals surface area contributed by atoms with Gasteiger partial charge in [0.2, 0.25) is 0 Å². The fraction of sp³-hybridized carbons (Fsp3) is 0.222. The highest BCUT2D eigenvalue weighted by molar-refractivity contribution is 6.31. The van der Waals surface area contributed by atoms with E-state index in [0.717, 1.165) is 11.3 Å². The molecule has 2 aromatic heterocycles. The summed E-state index contributed by atoms with van der Waals surface area (Å²) >= 11 is 11.9. The normalized spacial score (nSPS) is 13.0. The minimum Gasteiger partial charge on any atom is -0.453 e. The topological polar surface area (TPSA) is 69.0 Å². The van der Waals surface area contributed by atoms with Crippen molar-refractivity contribution in [1.82, 2.24) is 15.2 Å². The molecule has 0 fully saturated rings. The van der Waals surface area contributed by atoms with Crippen molar-refractivity contribution in [3.05, 3.63) is 40.0 Å². The van der Waals surface area contributed by atoms with Gasteiger partial charge in [-0.1, -0.05) is 11.6 Å². The van der Waals surface area contributed by atoms with Crippen LogP contribution in [-0.2, 0) is 7.05 Å². The summed E-state index contributed by atoms with van der Waals surface area (Å²) in [6, 6.07) is 1.38. The molecule has 5 nitrogen and oxygen atoms in total. The molecule has 1 unspecified atom stereocenters. The molecule has 0 aliphatic carbocycles. The number of aromatic nitrogens is 2. The number of furan rings is 1. The Hall–Kier alpha value is -1.01. The summed E-state index contributed by atoms with van der Waals surface area (Å²) in [5, 5.41) is 4.83. The number of hydrazine groups is 1. The summed E-state index contributed by atoms with van der Waals surface area (Å²) in [4.78, 5) is 0. The molecule has 3 N–H and O–H groups in total. The Morgan fingerprint density at radius 3 is 2.75 bits per heavy atom. The molecule has 7 heteroatoms. The lowest BCUT2D eigenvalue weighted by molar-refractivity contribution is 0.542. The molecule has 1 atom stereocenters. The second kappa shape index (κ2) is 4.47. The van der Waals surface area contributed by atoms with E-state index in [-0.39, 0.29) is 11.3 Å². The molecule has 0 radical (unpaired) electrons. The summed E-state index contributed by atoms with van der Waals surface area (Å²) in [7, 11) is 1.78. The molecule has 2 rings (SSSR count). The first-order valence-electron chi connectivity index (χ1n) is 4.51. The molecule has 0 aromatic carbocycles. The highest BCUT2D eigenvalue weighted by Crippen LogP contribution is 2.31. The van der Waals surface area contributed by atoms with Crippen LogP contribution in [-0.4, -0.2) is 9.78 Å². The van der Waals surface area contributed by atoms with E-state index in [0.29, 0.717) is 5.02 Å². The van der Waals surface area contributed by atoms with Gasteiger partial charge in [0.15, 0.2) is 5.22 Å².